The average Bonchev–Trinajstić information content (AvgIpc) is 3.74. The summed E-state index contributed by atoms with van der Waals surface area (Å²) >= 11 is 1.32. The number of hydrogen-bond acceptors (Lipinski definition) is 10. The number of nitrogens with one attached hydrogen (secondary N) is 3. The number of nitrogens with zero attached hydrogens (tertiary/aromatic N) is 3. The maximum atomic E-state index is 13.5. The molecule has 4 aliphatic rings. The van der Waals surface area contributed by atoms with Crippen molar-refractivity contribution in [2.75, 3.05) is 57.6 Å². The highest BCUT2D eigenvalue weighted by Gasteiger charge is 2.51. The van der Waals surface area contributed by atoms with Crippen molar-refractivity contribution in [2.45, 2.75) is 19.3 Å². The molecule has 13 heteroatoms. The van der Waals surface area contributed by atoms with Crippen LogP contribution in [0.5, 0.6) is 11.5 Å². The number of rotatable bonds is 7. The van der Waals surface area contributed by atoms with Gasteiger partial charge in [0.15, 0.2) is 23.0 Å². The number of methoxy groups -OCH3 is 1. The highest BCUT2D eigenvalue weighted by atomic mass is 32.1. The molecular formula is C29H30N6O6S. The van der Waals surface area contributed by atoms with Crippen molar-refractivity contribution in [1.82, 2.24) is 20.4 Å². The number of thiophene rings is 1. The molecule has 3 N–H and O–H groups in total. The van der Waals surface area contributed by atoms with Crippen molar-refractivity contribution in [3.63, 3.8) is 0 Å². The number of likely N-dealkylation sites (tertiary alicyclic amines) is 1. The molecule has 3 aromatic rings. The fourth-order valence-corrected chi connectivity index (χ4v) is 6.60. The van der Waals surface area contributed by atoms with E-state index in [0.717, 1.165) is 24.0 Å². The average molecular weight is 594 g/mol. The van der Waals surface area contributed by atoms with Gasteiger partial charge in [-0.15, -0.1) is 21.5 Å². The van der Waals surface area contributed by atoms with E-state index >= 15 is 0 Å². The van der Waals surface area contributed by atoms with Crippen LogP contribution in [0.3, 0.4) is 0 Å². The Hall–Kier alpha value is -4.23. The zero-order chi connectivity index (χ0) is 31.5. The normalized spacial score (nSPS) is 19.3. The smallest absolute Gasteiger partial charge is 0.273 e. The summed E-state index contributed by atoms with van der Waals surface area (Å²) in [6.07, 6.45) is 2.12. The lowest BCUT2D eigenvalue weighted by molar-refractivity contribution is -0.176. The Balaban J connectivity index is 1.24. The molecule has 5 heterocycles. The van der Waals surface area contributed by atoms with Crippen LogP contribution in [-0.2, 0) is 16.0 Å². The number of hydrogen-bond donors (Lipinski definition) is 3. The Morgan fingerprint density at radius 1 is 1.19 bits per heavy atom. The Bertz CT molecular complexity index is 1710. The molecule has 0 unspecified atom stereocenters. The number of benzene rings is 1. The first kappa shape index (κ1) is 23.3. The van der Waals surface area contributed by atoms with Crippen LogP contribution in [0.4, 0.5) is 17.2 Å². The van der Waals surface area contributed by atoms with Gasteiger partial charge in [-0.3, -0.25) is 14.4 Å². The van der Waals surface area contributed by atoms with E-state index < -0.39 is 12.9 Å². The van der Waals surface area contributed by atoms with E-state index in [4.69, 9.17) is 18.3 Å². The van der Waals surface area contributed by atoms with Gasteiger partial charge in [0.2, 0.25) is 5.91 Å². The second-order valence-corrected chi connectivity index (χ2v) is 12.0. The third kappa shape index (κ3) is 4.52. The maximum absolute atomic E-state index is 13.5. The van der Waals surface area contributed by atoms with E-state index in [-0.39, 0.29) is 40.3 Å². The van der Waals surface area contributed by atoms with Gasteiger partial charge in [-0.1, -0.05) is 6.07 Å². The van der Waals surface area contributed by atoms with Crippen LogP contribution in [0.25, 0.3) is 11.1 Å². The topological polar surface area (TPSA) is 144 Å². The molecule has 1 saturated carbocycles. The standard InChI is InChI=1S/C29H30N6O6S/c1-30-27(37)22-19(9-20(33-34-22)32-26(36)16-3-4-16)31-18-6-5-15-7-8-41-23-17(21(15)24(18)39-2)10-42-25(23)28(38)35-11-29(12-35)13-40-14-29/h5-6,9-10,16H,3-4,7-8,11-14H2,1-2H3,(H,30,37)(H2,31,32,33,36)/i1D3. The molecule has 3 fully saturated rings. The molecule has 3 amide bonds. The van der Waals surface area contributed by atoms with Crippen LogP contribution >= 0.6 is 11.3 Å². The predicted molar refractivity (Wildman–Crippen MR) is 155 cm³/mol. The highest BCUT2D eigenvalue weighted by molar-refractivity contribution is 7.13. The van der Waals surface area contributed by atoms with Crippen LogP contribution in [0.2, 0.25) is 0 Å². The molecule has 0 bridgehead atoms. The number of amides is 3. The van der Waals surface area contributed by atoms with Gasteiger partial charge in [-0.05, 0) is 24.5 Å². The van der Waals surface area contributed by atoms with Crippen LogP contribution in [0.1, 0.15) is 42.7 Å². The lowest BCUT2D eigenvalue weighted by Gasteiger charge is -2.54. The number of carbonyl (C=O) groups is 3. The zero-order valence-electron chi connectivity index (χ0n) is 25.7. The van der Waals surface area contributed by atoms with Gasteiger partial charge in [0.1, 0.15) is 4.88 Å². The highest BCUT2D eigenvalue weighted by Crippen LogP contribution is 2.50. The van der Waals surface area contributed by atoms with Gasteiger partial charge in [-0.2, -0.15) is 0 Å². The predicted octanol–water partition coefficient (Wildman–Crippen LogP) is 3.07. The number of aromatic nitrogens is 2. The first-order valence-electron chi connectivity index (χ1n) is 15.1. The fraction of sp³-hybridized carbons (Fsp3) is 0.414. The van der Waals surface area contributed by atoms with Crippen LogP contribution in [-0.4, -0.2) is 79.8 Å². The van der Waals surface area contributed by atoms with E-state index in [1.807, 2.05) is 21.7 Å². The van der Waals surface area contributed by atoms with Gasteiger partial charge in [0.05, 0.1) is 43.7 Å². The van der Waals surface area contributed by atoms with Crippen molar-refractivity contribution in [3.8, 4) is 22.6 Å². The van der Waals surface area contributed by atoms with Gasteiger partial charge in [0.25, 0.3) is 11.8 Å². The second kappa shape index (κ2) is 10.2. The van der Waals surface area contributed by atoms with E-state index in [9.17, 15) is 14.4 Å². The lowest BCUT2D eigenvalue weighted by Crippen LogP contribution is -2.67. The minimum Gasteiger partial charge on any atom is -0.494 e. The number of fused-ring (bicyclic) bond motifs is 3. The minimum atomic E-state index is -2.76. The Morgan fingerprint density at radius 2 is 2.02 bits per heavy atom. The Morgan fingerprint density at radius 3 is 2.74 bits per heavy atom. The molecule has 1 spiro atoms. The first-order chi connectivity index (χ1) is 21.5. The summed E-state index contributed by atoms with van der Waals surface area (Å²) in [6.45, 7) is 0.278. The van der Waals surface area contributed by atoms with Crippen LogP contribution in [0.15, 0.2) is 23.6 Å². The summed E-state index contributed by atoms with van der Waals surface area (Å²) in [7, 11) is 1.51. The van der Waals surface area contributed by atoms with Gasteiger partial charge >= 0.3 is 0 Å². The molecule has 3 aliphatic heterocycles. The van der Waals surface area contributed by atoms with Crippen LogP contribution < -0.4 is 25.4 Å². The van der Waals surface area contributed by atoms with E-state index in [2.05, 4.69) is 20.8 Å². The first-order valence-corrected chi connectivity index (χ1v) is 14.5. The molecule has 2 aromatic heterocycles. The quantitative estimate of drug-likeness (QED) is 0.377. The van der Waals surface area contributed by atoms with Crippen LogP contribution in [0, 0.1) is 11.3 Å². The fourth-order valence-electron chi connectivity index (χ4n) is 5.63. The molecule has 42 heavy (non-hydrogen) atoms. The summed E-state index contributed by atoms with van der Waals surface area (Å²) in [5.74, 6) is -0.333. The van der Waals surface area contributed by atoms with Crippen molar-refractivity contribution >= 4 is 46.3 Å². The summed E-state index contributed by atoms with van der Waals surface area (Å²) in [5, 5.41) is 17.6. The van der Waals surface area contributed by atoms with Crippen molar-refractivity contribution in [3.05, 3.63) is 39.7 Å². The maximum Gasteiger partial charge on any atom is 0.273 e. The summed E-state index contributed by atoms with van der Waals surface area (Å²) in [4.78, 5) is 41.2. The Kier molecular flexibility index (Phi) is 5.69. The lowest BCUT2D eigenvalue weighted by atomic mass is 9.78. The number of ether oxygens (including phenoxy) is 3. The SMILES string of the molecule is [2H]C([2H])([2H])NC(=O)c1nnc(NC(=O)C2CC2)cc1Nc1ccc2c(c1OC)-c1csc(C(=O)N3CC4(COC4)C3)c1OCC2. The summed E-state index contributed by atoms with van der Waals surface area (Å²) in [6, 6.07) is 5.10. The van der Waals surface area contributed by atoms with Gasteiger partial charge in [-0.25, -0.2) is 0 Å². The molecule has 1 aromatic carbocycles. The summed E-state index contributed by atoms with van der Waals surface area (Å²) < 4.78 is 39.8. The van der Waals surface area contributed by atoms with Crippen molar-refractivity contribution in [1.29, 1.82) is 0 Å². The van der Waals surface area contributed by atoms with Crippen molar-refractivity contribution < 1.29 is 32.7 Å². The van der Waals surface area contributed by atoms with E-state index in [0.29, 0.717) is 67.0 Å². The molecule has 0 radical (unpaired) electrons. The Labute approximate surface area is 249 Å². The molecule has 218 valence electrons. The monoisotopic (exact) mass is 593 g/mol. The second-order valence-electron chi connectivity index (χ2n) is 11.1. The molecule has 12 nitrogen and oxygen atoms in total. The third-order valence-electron chi connectivity index (χ3n) is 8.02. The molecule has 2 saturated heterocycles. The van der Waals surface area contributed by atoms with Gasteiger partial charge in [0, 0.05) is 59.1 Å². The molecular weight excluding hydrogens is 560 g/mol. The largest absolute Gasteiger partial charge is 0.494 e. The molecule has 1 aliphatic carbocycles. The van der Waals surface area contributed by atoms with E-state index in [1.165, 1.54) is 24.5 Å². The summed E-state index contributed by atoms with van der Waals surface area (Å²) in [5.41, 5.74) is 2.72. The minimum absolute atomic E-state index is 0.0796. The third-order valence-corrected chi connectivity index (χ3v) is 8.97. The zero-order valence-corrected chi connectivity index (χ0v) is 23.6. The molecule has 0 atom stereocenters. The van der Waals surface area contributed by atoms with Crippen molar-refractivity contribution in [2.24, 2.45) is 11.3 Å². The van der Waals surface area contributed by atoms with E-state index in [1.54, 1.807) is 6.07 Å². The van der Waals surface area contributed by atoms with Gasteiger partial charge < -0.3 is 35.1 Å². The number of anilines is 3. The molecule has 7 rings (SSSR count). The number of carbonyl (C=O) groups excluding carboxylic acids is 3.